The van der Waals surface area contributed by atoms with Crippen LogP contribution in [0.4, 0.5) is 4.39 Å². The Bertz CT molecular complexity index is 919. The highest BCUT2D eigenvalue weighted by atomic mass is 32.2. The summed E-state index contributed by atoms with van der Waals surface area (Å²) in [6.45, 7) is 0. The predicted octanol–water partition coefficient (Wildman–Crippen LogP) is 5.58. The maximum Gasteiger partial charge on any atom is 0.317 e. The first-order valence-corrected chi connectivity index (χ1v) is 11.4. The van der Waals surface area contributed by atoms with Crippen LogP contribution in [0.3, 0.4) is 0 Å². The molecule has 7 heteroatoms. The molecule has 0 amide bonds. The Morgan fingerprint density at radius 3 is 2.48 bits per heavy atom. The van der Waals surface area contributed by atoms with Crippen LogP contribution in [0.25, 0.3) is 10.6 Å². The van der Waals surface area contributed by atoms with Gasteiger partial charge in [0.05, 0.1) is 16.7 Å². The van der Waals surface area contributed by atoms with Crippen molar-refractivity contribution in [1.82, 2.24) is 4.98 Å². The van der Waals surface area contributed by atoms with Crippen LogP contribution in [0.15, 0.2) is 53.9 Å². The van der Waals surface area contributed by atoms with Gasteiger partial charge in [0.2, 0.25) is 0 Å². The Kier molecular flexibility index (Phi) is 5.80. The molecule has 0 saturated carbocycles. The zero-order valence-electron chi connectivity index (χ0n) is 14.3. The lowest BCUT2D eigenvalue weighted by atomic mass is 10.2. The van der Waals surface area contributed by atoms with E-state index in [1.54, 1.807) is 12.1 Å². The van der Waals surface area contributed by atoms with Gasteiger partial charge in [0.25, 0.3) is 0 Å². The molecule has 1 fully saturated rings. The molecule has 0 atom stereocenters. The van der Waals surface area contributed by atoms with Crippen LogP contribution in [0, 0.1) is 5.82 Å². The van der Waals surface area contributed by atoms with Crippen LogP contribution >= 0.6 is 34.9 Å². The van der Waals surface area contributed by atoms with Crippen LogP contribution in [0.5, 0.6) is 5.75 Å². The lowest BCUT2D eigenvalue weighted by molar-refractivity contribution is -0.133. The van der Waals surface area contributed by atoms with Crippen LogP contribution in [-0.2, 0) is 11.2 Å². The van der Waals surface area contributed by atoms with Gasteiger partial charge in [-0.2, -0.15) is 0 Å². The fraction of sp³-hybridized carbons (Fsp3) is 0.200. The number of rotatable bonds is 5. The summed E-state index contributed by atoms with van der Waals surface area (Å²) in [6.07, 6.45) is 0.105. The highest BCUT2D eigenvalue weighted by Crippen LogP contribution is 2.45. The lowest BCUT2D eigenvalue weighted by Crippen LogP contribution is -2.11. The van der Waals surface area contributed by atoms with Gasteiger partial charge >= 0.3 is 5.97 Å². The zero-order chi connectivity index (χ0) is 18.6. The third-order valence-corrected chi connectivity index (χ3v) is 8.02. The summed E-state index contributed by atoms with van der Waals surface area (Å²) >= 11 is 5.32. The van der Waals surface area contributed by atoms with Gasteiger partial charge in [-0.25, -0.2) is 9.37 Å². The van der Waals surface area contributed by atoms with E-state index in [9.17, 15) is 9.18 Å². The minimum absolute atomic E-state index is 0.105. The molecule has 1 aliphatic heterocycles. The molecule has 1 aromatic heterocycles. The van der Waals surface area contributed by atoms with Gasteiger partial charge in [0.1, 0.15) is 16.6 Å². The number of carbonyl (C=O) groups excluding carboxylic acids is 1. The summed E-state index contributed by atoms with van der Waals surface area (Å²) in [6, 6.07) is 13.9. The Labute approximate surface area is 169 Å². The third kappa shape index (κ3) is 4.72. The van der Waals surface area contributed by atoms with E-state index in [1.807, 2.05) is 53.2 Å². The van der Waals surface area contributed by atoms with Crippen molar-refractivity contribution in [2.45, 2.75) is 11.0 Å². The number of halogens is 1. The quantitative estimate of drug-likeness (QED) is 0.400. The van der Waals surface area contributed by atoms with E-state index in [0.29, 0.717) is 16.0 Å². The van der Waals surface area contributed by atoms with Crippen molar-refractivity contribution >= 4 is 40.8 Å². The van der Waals surface area contributed by atoms with Crippen molar-refractivity contribution in [1.29, 1.82) is 0 Å². The van der Waals surface area contributed by atoms with E-state index < -0.39 is 0 Å². The zero-order valence-corrected chi connectivity index (χ0v) is 16.7. The third-order valence-electron chi connectivity index (χ3n) is 3.97. The molecule has 3 nitrogen and oxygen atoms in total. The van der Waals surface area contributed by atoms with Crippen LogP contribution in [0.1, 0.15) is 15.8 Å². The first kappa shape index (κ1) is 18.5. The number of hydrogen-bond donors (Lipinski definition) is 0. The largest absolute Gasteiger partial charge is 0.426 e. The predicted molar refractivity (Wildman–Crippen MR) is 111 cm³/mol. The molecule has 0 N–H and O–H groups in total. The van der Waals surface area contributed by atoms with E-state index in [-0.39, 0.29) is 18.2 Å². The summed E-state index contributed by atoms with van der Waals surface area (Å²) < 4.78 is 18.9. The lowest BCUT2D eigenvalue weighted by Gasteiger charge is -2.09. The van der Waals surface area contributed by atoms with Crippen molar-refractivity contribution in [3.8, 4) is 16.3 Å². The van der Waals surface area contributed by atoms with Crippen molar-refractivity contribution in [3.05, 3.63) is 71.0 Å². The van der Waals surface area contributed by atoms with Crippen molar-refractivity contribution < 1.29 is 13.9 Å². The molecule has 4 rings (SSSR count). The van der Waals surface area contributed by atoms with E-state index in [1.165, 1.54) is 40.5 Å². The Balaban J connectivity index is 1.36. The molecule has 0 spiro atoms. The Morgan fingerprint density at radius 2 is 1.78 bits per heavy atom. The standard InChI is InChI=1S/C20H16FNO2S3/c21-15-5-1-13(2-6-15)19-22-16(12-27-19)11-18(23)24-17-7-3-14(4-8-17)20-25-9-10-26-20/h1-8,12,20H,9-11H2. The second-order valence-corrected chi connectivity index (χ2v) is 9.53. The van der Waals surface area contributed by atoms with Gasteiger partial charge < -0.3 is 4.74 Å². The molecule has 0 unspecified atom stereocenters. The molecule has 0 aliphatic carbocycles. The summed E-state index contributed by atoms with van der Waals surface area (Å²) in [4.78, 5) is 16.6. The first-order chi connectivity index (χ1) is 13.2. The number of aromatic nitrogens is 1. The molecular weight excluding hydrogens is 401 g/mol. The van der Waals surface area contributed by atoms with Crippen LogP contribution < -0.4 is 4.74 Å². The molecule has 27 heavy (non-hydrogen) atoms. The summed E-state index contributed by atoms with van der Waals surface area (Å²) in [5, 5.41) is 2.59. The average Bonchev–Trinajstić information content (AvgIpc) is 3.35. The van der Waals surface area contributed by atoms with Crippen LogP contribution in [0.2, 0.25) is 0 Å². The van der Waals surface area contributed by atoms with Gasteiger partial charge in [0.15, 0.2) is 0 Å². The second-order valence-electron chi connectivity index (χ2n) is 5.94. The van der Waals surface area contributed by atoms with E-state index in [0.717, 1.165) is 10.6 Å². The molecule has 0 bridgehead atoms. The molecule has 0 radical (unpaired) electrons. The van der Waals surface area contributed by atoms with Gasteiger partial charge in [-0.1, -0.05) is 12.1 Å². The molecule has 2 aromatic carbocycles. The maximum absolute atomic E-state index is 13.0. The topological polar surface area (TPSA) is 39.2 Å². The molecule has 138 valence electrons. The minimum atomic E-state index is -0.344. The van der Waals surface area contributed by atoms with Gasteiger partial charge in [-0.05, 0) is 42.0 Å². The molecule has 3 aromatic rings. The van der Waals surface area contributed by atoms with Crippen LogP contribution in [-0.4, -0.2) is 22.5 Å². The fourth-order valence-corrected chi connectivity index (χ4v) is 6.36. The molecular formula is C20H16FNO2S3. The van der Waals surface area contributed by atoms with Crippen molar-refractivity contribution in [2.75, 3.05) is 11.5 Å². The highest BCUT2D eigenvalue weighted by Gasteiger charge is 2.18. The summed E-state index contributed by atoms with van der Waals surface area (Å²) in [5.74, 6) is 2.28. The Hall–Kier alpha value is -1.83. The summed E-state index contributed by atoms with van der Waals surface area (Å²) in [5.41, 5.74) is 2.74. The van der Waals surface area contributed by atoms with Gasteiger partial charge in [0, 0.05) is 22.4 Å². The first-order valence-electron chi connectivity index (χ1n) is 8.41. The molecule has 1 saturated heterocycles. The van der Waals surface area contributed by atoms with Gasteiger partial charge in [-0.15, -0.1) is 34.9 Å². The van der Waals surface area contributed by atoms with E-state index >= 15 is 0 Å². The molecule has 1 aliphatic rings. The average molecular weight is 418 g/mol. The number of carbonyl (C=O) groups is 1. The molecule has 2 heterocycles. The fourth-order valence-electron chi connectivity index (χ4n) is 2.67. The highest BCUT2D eigenvalue weighted by molar-refractivity contribution is 8.19. The SMILES string of the molecule is O=C(Cc1csc(-c2ccc(F)cc2)n1)Oc1ccc(C2SCCS2)cc1. The van der Waals surface area contributed by atoms with Crippen molar-refractivity contribution in [3.63, 3.8) is 0 Å². The number of esters is 1. The monoisotopic (exact) mass is 417 g/mol. The maximum atomic E-state index is 13.0. The number of ether oxygens (including phenoxy) is 1. The number of thioether (sulfide) groups is 2. The Morgan fingerprint density at radius 1 is 1.07 bits per heavy atom. The second kappa shape index (κ2) is 8.46. The minimum Gasteiger partial charge on any atom is -0.426 e. The van der Waals surface area contributed by atoms with E-state index in [4.69, 9.17) is 4.74 Å². The number of thiazole rings is 1. The summed E-state index contributed by atoms with van der Waals surface area (Å²) in [7, 11) is 0. The number of benzene rings is 2. The smallest absolute Gasteiger partial charge is 0.317 e. The van der Waals surface area contributed by atoms with Gasteiger partial charge in [-0.3, -0.25) is 4.79 Å². The number of nitrogens with zero attached hydrogens (tertiary/aromatic N) is 1. The van der Waals surface area contributed by atoms with Crippen molar-refractivity contribution in [2.24, 2.45) is 0 Å². The normalized spacial score (nSPS) is 14.4. The number of hydrogen-bond acceptors (Lipinski definition) is 6. The van der Waals surface area contributed by atoms with E-state index in [2.05, 4.69) is 4.98 Å².